The summed E-state index contributed by atoms with van der Waals surface area (Å²) in [5.74, 6) is 0. The molecule has 0 aliphatic carbocycles. The van der Waals surface area contributed by atoms with Gasteiger partial charge in [0, 0.05) is 12.2 Å². The van der Waals surface area contributed by atoms with Crippen molar-refractivity contribution in [2.75, 3.05) is 25.0 Å². The van der Waals surface area contributed by atoms with Gasteiger partial charge in [-0.05, 0) is 50.6 Å². The highest BCUT2D eigenvalue weighted by Crippen LogP contribution is 2.24. The summed E-state index contributed by atoms with van der Waals surface area (Å²) in [6.07, 6.45) is 2.47. The second-order valence-corrected chi connectivity index (χ2v) is 6.37. The van der Waals surface area contributed by atoms with Gasteiger partial charge < -0.3 is 10.6 Å². The molecule has 1 saturated heterocycles. The molecular weight excluding hydrogens is 298 g/mol. The number of likely N-dealkylation sites (tertiary alicyclic amines) is 1. The third-order valence-corrected chi connectivity index (χ3v) is 4.53. The first kappa shape index (κ1) is 16.5. The van der Waals surface area contributed by atoms with E-state index in [0.717, 1.165) is 18.8 Å². The van der Waals surface area contributed by atoms with Crippen molar-refractivity contribution in [1.29, 1.82) is 0 Å². The van der Waals surface area contributed by atoms with Crippen molar-refractivity contribution in [1.82, 2.24) is 10.2 Å². The number of benzene rings is 2. The van der Waals surface area contributed by atoms with Crippen LogP contribution in [-0.4, -0.2) is 30.6 Å². The third kappa shape index (κ3) is 4.36. The molecule has 1 atom stereocenters. The van der Waals surface area contributed by atoms with Gasteiger partial charge in [0.15, 0.2) is 0 Å². The summed E-state index contributed by atoms with van der Waals surface area (Å²) in [4.78, 5) is 14.7. The summed E-state index contributed by atoms with van der Waals surface area (Å²) in [5.41, 5.74) is 3.25. The first-order valence-electron chi connectivity index (χ1n) is 8.63. The van der Waals surface area contributed by atoms with E-state index >= 15 is 0 Å². The van der Waals surface area contributed by atoms with E-state index in [1.807, 2.05) is 37.3 Å². The summed E-state index contributed by atoms with van der Waals surface area (Å²) in [6, 6.07) is 18.3. The Morgan fingerprint density at radius 2 is 1.71 bits per heavy atom. The van der Waals surface area contributed by atoms with E-state index in [2.05, 4.69) is 39.8 Å². The average Bonchev–Trinajstić information content (AvgIpc) is 3.12. The number of amides is 2. The van der Waals surface area contributed by atoms with Gasteiger partial charge >= 0.3 is 6.03 Å². The van der Waals surface area contributed by atoms with Crippen molar-refractivity contribution in [3.05, 3.63) is 65.7 Å². The molecule has 3 rings (SSSR count). The van der Waals surface area contributed by atoms with Gasteiger partial charge in [-0.15, -0.1) is 0 Å². The van der Waals surface area contributed by atoms with Crippen LogP contribution >= 0.6 is 0 Å². The van der Waals surface area contributed by atoms with Crippen molar-refractivity contribution >= 4 is 11.7 Å². The number of urea groups is 1. The molecule has 0 bridgehead atoms. The number of nitrogens with one attached hydrogen (secondary N) is 2. The number of carbonyl (C=O) groups excluding carboxylic acids is 1. The van der Waals surface area contributed by atoms with Gasteiger partial charge in [0.2, 0.25) is 0 Å². The predicted molar refractivity (Wildman–Crippen MR) is 98.2 cm³/mol. The van der Waals surface area contributed by atoms with Crippen LogP contribution in [0.5, 0.6) is 0 Å². The van der Waals surface area contributed by atoms with Gasteiger partial charge in [-0.1, -0.05) is 48.0 Å². The van der Waals surface area contributed by atoms with E-state index in [9.17, 15) is 4.79 Å². The molecule has 126 valence electrons. The van der Waals surface area contributed by atoms with Crippen molar-refractivity contribution in [2.45, 2.75) is 25.8 Å². The Labute approximate surface area is 143 Å². The monoisotopic (exact) mass is 323 g/mol. The average molecular weight is 323 g/mol. The lowest BCUT2D eigenvalue weighted by molar-refractivity contribution is 0.227. The number of hydrogen-bond acceptors (Lipinski definition) is 2. The molecule has 0 saturated carbocycles. The van der Waals surface area contributed by atoms with Crippen LogP contribution in [0.2, 0.25) is 0 Å². The summed E-state index contributed by atoms with van der Waals surface area (Å²) >= 11 is 0. The zero-order valence-corrected chi connectivity index (χ0v) is 14.2. The first-order valence-corrected chi connectivity index (χ1v) is 8.63. The van der Waals surface area contributed by atoms with Gasteiger partial charge in [-0.25, -0.2) is 4.79 Å². The summed E-state index contributed by atoms with van der Waals surface area (Å²) in [5, 5.41) is 5.93. The van der Waals surface area contributed by atoms with E-state index in [-0.39, 0.29) is 12.1 Å². The van der Waals surface area contributed by atoms with Crippen LogP contribution in [0.3, 0.4) is 0 Å². The van der Waals surface area contributed by atoms with Gasteiger partial charge in [0.05, 0.1) is 6.04 Å². The summed E-state index contributed by atoms with van der Waals surface area (Å²) < 4.78 is 0. The Morgan fingerprint density at radius 3 is 2.38 bits per heavy atom. The molecule has 24 heavy (non-hydrogen) atoms. The Kier molecular flexibility index (Phi) is 5.49. The van der Waals surface area contributed by atoms with E-state index in [1.165, 1.54) is 24.0 Å². The molecule has 1 fully saturated rings. The fourth-order valence-electron chi connectivity index (χ4n) is 3.19. The molecule has 4 heteroatoms. The van der Waals surface area contributed by atoms with Crippen molar-refractivity contribution in [3.8, 4) is 0 Å². The molecular formula is C20H25N3O. The topological polar surface area (TPSA) is 44.4 Å². The number of anilines is 1. The fourth-order valence-corrected chi connectivity index (χ4v) is 3.19. The number of rotatable bonds is 5. The van der Waals surface area contributed by atoms with Gasteiger partial charge in [-0.2, -0.15) is 0 Å². The zero-order chi connectivity index (χ0) is 16.8. The molecule has 2 aromatic carbocycles. The maximum Gasteiger partial charge on any atom is 0.319 e. The standard InChI is InChI=1S/C20H25N3O/c1-16-9-11-18(12-10-16)22-20(24)21-15-19(23-13-5-6-14-23)17-7-3-2-4-8-17/h2-4,7-12,19H,5-6,13-15H2,1H3,(H2,21,22,24)/t19-/m0/s1. The molecule has 1 aliphatic heterocycles. The lowest BCUT2D eigenvalue weighted by atomic mass is 10.1. The van der Waals surface area contributed by atoms with Crippen LogP contribution in [0, 0.1) is 6.92 Å². The molecule has 2 amide bonds. The summed E-state index contributed by atoms with van der Waals surface area (Å²) in [7, 11) is 0. The molecule has 0 unspecified atom stereocenters. The van der Waals surface area contributed by atoms with Crippen LogP contribution in [-0.2, 0) is 0 Å². The molecule has 2 aromatic rings. The molecule has 4 nitrogen and oxygen atoms in total. The molecule has 1 aliphatic rings. The molecule has 0 radical (unpaired) electrons. The van der Waals surface area contributed by atoms with E-state index in [4.69, 9.17) is 0 Å². The normalized spacial score (nSPS) is 15.9. The highest BCUT2D eigenvalue weighted by molar-refractivity contribution is 5.89. The second-order valence-electron chi connectivity index (χ2n) is 6.37. The summed E-state index contributed by atoms with van der Waals surface area (Å²) in [6.45, 7) is 4.84. The third-order valence-electron chi connectivity index (χ3n) is 4.53. The van der Waals surface area contributed by atoms with Crippen LogP contribution in [0.25, 0.3) is 0 Å². The van der Waals surface area contributed by atoms with Crippen molar-refractivity contribution in [3.63, 3.8) is 0 Å². The van der Waals surface area contributed by atoms with Crippen molar-refractivity contribution < 1.29 is 4.79 Å². The quantitative estimate of drug-likeness (QED) is 0.875. The van der Waals surface area contributed by atoms with Crippen LogP contribution < -0.4 is 10.6 Å². The largest absolute Gasteiger partial charge is 0.336 e. The van der Waals surface area contributed by atoms with E-state index in [1.54, 1.807) is 0 Å². The Hall–Kier alpha value is -2.33. The number of carbonyl (C=O) groups is 1. The molecule has 0 aromatic heterocycles. The Morgan fingerprint density at radius 1 is 1.04 bits per heavy atom. The van der Waals surface area contributed by atoms with Crippen molar-refractivity contribution in [2.24, 2.45) is 0 Å². The maximum absolute atomic E-state index is 12.2. The van der Waals surface area contributed by atoms with E-state index < -0.39 is 0 Å². The van der Waals surface area contributed by atoms with Crippen LogP contribution in [0.15, 0.2) is 54.6 Å². The molecule has 2 N–H and O–H groups in total. The zero-order valence-electron chi connectivity index (χ0n) is 14.2. The number of nitrogens with zero attached hydrogens (tertiary/aromatic N) is 1. The predicted octanol–water partition coefficient (Wildman–Crippen LogP) is 3.95. The molecule has 0 spiro atoms. The Balaban J connectivity index is 1.60. The minimum atomic E-state index is -0.154. The first-order chi connectivity index (χ1) is 11.7. The Bertz CT molecular complexity index is 648. The van der Waals surface area contributed by atoms with Crippen LogP contribution in [0.4, 0.5) is 10.5 Å². The minimum Gasteiger partial charge on any atom is -0.336 e. The van der Waals surface area contributed by atoms with Crippen LogP contribution in [0.1, 0.15) is 30.0 Å². The highest BCUT2D eigenvalue weighted by Gasteiger charge is 2.23. The van der Waals surface area contributed by atoms with E-state index in [0.29, 0.717) is 6.54 Å². The van der Waals surface area contributed by atoms with Gasteiger partial charge in [0.25, 0.3) is 0 Å². The second kappa shape index (κ2) is 7.97. The number of aryl methyl sites for hydroxylation is 1. The van der Waals surface area contributed by atoms with Gasteiger partial charge in [0.1, 0.15) is 0 Å². The smallest absolute Gasteiger partial charge is 0.319 e. The number of hydrogen-bond donors (Lipinski definition) is 2. The molecule has 1 heterocycles. The highest BCUT2D eigenvalue weighted by atomic mass is 16.2. The SMILES string of the molecule is Cc1ccc(NC(=O)NC[C@@H](c2ccccc2)N2CCCC2)cc1. The maximum atomic E-state index is 12.2. The lowest BCUT2D eigenvalue weighted by Gasteiger charge is -2.28. The fraction of sp³-hybridized carbons (Fsp3) is 0.350. The lowest BCUT2D eigenvalue weighted by Crippen LogP contribution is -2.38. The minimum absolute atomic E-state index is 0.154. The van der Waals surface area contributed by atoms with Gasteiger partial charge in [-0.3, -0.25) is 4.90 Å².